The van der Waals surface area contributed by atoms with Crippen LogP contribution in [0.25, 0.3) is 10.9 Å². The van der Waals surface area contributed by atoms with Crippen LogP contribution in [-0.2, 0) is 0 Å². The van der Waals surface area contributed by atoms with Gasteiger partial charge >= 0.3 is 0 Å². The number of nitrogens with zero attached hydrogens (tertiary/aromatic N) is 2. The summed E-state index contributed by atoms with van der Waals surface area (Å²) in [7, 11) is 0. The first kappa shape index (κ1) is 13.6. The summed E-state index contributed by atoms with van der Waals surface area (Å²) in [5.41, 5.74) is 9.46. The van der Waals surface area contributed by atoms with E-state index in [0.717, 1.165) is 25.8 Å². The van der Waals surface area contributed by atoms with E-state index < -0.39 is 0 Å². The van der Waals surface area contributed by atoms with E-state index in [2.05, 4.69) is 39.0 Å². The molecule has 0 bridgehead atoms. The van der Waals surface area contributed by atoms with Gasteiger partial charge in [-0.3, -0.25) is 4.98 Å². The standard InChI is InChI=1S/C16H11IN4/c17-11-2-1-3-13(6-11)21-16-10(8-18)9-20-15-5-4-12(19)7-14(15)16/h1-7,9H,19H2,(H,20,21). The summed E-state index contributed by atoms with van der Waals surface area (Å²) in [6.07, 6.45) is 1.58. The van der Waals surface area contributed by atoms with E-state index in [0.29, 0.717) is 11.3 Å². The molecule has 1 aromatic heterocycles. The lowest BCUT2D eigenvalue weighted by Gasteiger charge is -2.12. The van der Waals surface area contributed by atoms with Gasteiger partial charge in [0.1, 0.15) is 6.07 Å². The van der Waals surface area contributed by atoms with Gasteiger partial charge in [0.15, 0.2) is 0 Å². The zero-order valence-corrected chi connectivity index (χ0v) is 13.1. The van der Waals surface area contributed by atoms with Crippen LogP contribution < -0.4 is 11.1 Å². The Hall–Kier alpha value is -2.33. The number of aromatic nitrogens is 1. The van der Waals surface area contributed by atoms with E-state index in [1.54, 1.807) is 12.3 Å². The number of benzene rings is 2. The maximum Gasteiger partial charge on any atom is 0.103 e. The fraction of sp³-hybridized carbons (Fsp3) is 0. The normalized spacial score (nSPS) is 10.3. The number of anilines is 3. The van der Waals surface area contributed by atoms with Crippen molar-refractivity contribution < 1.29 is 0 Å². The molecular formula is C16H11IN4. The summed E-state index contributed by atoms with van der Waals surface area (Å²) in [6, 6.07) is 15.6. The van der Waals surface area contributed by atoms with Gasteiger partial charge in [-0.1, -0.05) is 6.07 Å². The molecule has 0 atom stereocenters. The van der Waals surface area contributed by atoms with Gasteiger partial charge in [0.2, 0.25) is 0 Å². The van der Waals surface area contributed by atoms with Crippen molar-refractivity contribution in [3.8, 4) is 6.07 Å². The number of nitrogen functional groups attached to an aromatic ring is 1. The van der Waals surface area contributed by atoms with Crippen molar-refractivity contribution in [2.75, 3.05) is 11.1 Å². The zero-order chi connectivity index (χ0) is 14.8. The number of nitriles is 1. The number of nitrogens with two attached hydrogens (primary N) is 1. The van der Waals surface area contributed by atoms with E-state index >= 15 is 0 Å². The van der Waals surface area contributed by atoms with Crippen molar-refractivity contribution in [3.63, 3.8) is 0 Å². The van der Waals surface area contributed by atoms with Crippen LogP contribution in [0, 0.1) is 14.9 Å². The molecule has 21 heavy (non-hydrogen) atoms. The summed E-state index contributed by atoms with van der Waals surface area (Å²) in [4.78, 5) is 4.29. The fourth-order valence-electron chi connectivity index (χ4n) is 2.14. The van der Waals surface area contributed by atoms with Crippen LogP contribution in [-0.4, -0.2) is 4.98 Å². The summed E-state index contributed by atoms with van der Waals surface area (Å²) in [5, 5.41) is 13.5. The van der Waals surface area contributed by atoms with Gasteiger partial charge in [-0.15, -0.1) is 0 Å². The average molecular weight is 386 g/mol. The molecule has 5 heteroatoms. The lowest BCUT2D eigenvalue weighted by molar-refractivity contribution is 1.36. The molecular weight excluding hydrogens is 375 g/mol. The molecule has 102 valence electrons. The largest absolute Gasteiger partial charge is 0.399 e. The zero-order valence-electron chi connectivity index (χ0n) is 11.0. The van der Waals surface area contributed by atoms with Crippen molar-refractivity contribution >= 4 is 50.6 Å². The highest BCUT2D eigenvalue weighted by Gasteiger charge is 2.09. The molecule has 4 nitrogen and oxygen atoms in total. The highest BCUT2D eigenvalue weighted by atomic mass is 127. The smallest absolute Gasteiger partial charge is 0.103 e. The number of nitrogens with one attached hydrogen (secondary N) is 1. The number of rotatable bonds is 2. The third-order valence-corrected chi connectivity index (χ3v) is 3.78. The molecule has 0 aliphatic heterocycles. The molecule has 3 aromatic rings. The molecule has 0 radical (unpaired) electrons. The van der Waals surface area contributed by atoms with Crippen molar-refractivity contribution in [2.24, 2.45) is 0 Å². The molecule has 0 fully saturated rings. The van der Waals surface area contributed by atoms with Gasteiger partial charge in [-0.05, 0) is 59.0 Å². The molecule has 0 unspecified atom stereocenters. The van der Waals surface area contributed by atoms with Crippen molar-refractivity contribution in [1.82, 2.24) is 4.98 Å². The predicted octanol–water partition coefficient (Wildman–Crippen LogP) is 4.04. The fourth-order valence-corrected chi connectivity index (χ4v) is 2.68. The summed E-state index contributed by atoms with van der Waals surface area (Å²) >= 11 is 2.25. The molecule has 0 amide bonds. The minimum Gasteiger partial charge on any atom is -0.399 e. The van der Waals surface area contributed by atoms with Gasteiger partial charge in [0.05, 0.1) is 16.8 Å². The minimum atomic E-state index is 0.493. The summed E-state index contributed by atoms with van der Waals surface area (Å²) in [6.45, 7) is 0. The number of hydrogen-bond acceptors (Lipinski definition) is 4. The van der Waals surface area contributed by atoms with Gasteiger partial charge in [-0.25, -0.2) is 0 Å². The Morgan fingerprint density at radius 2 is 2.05 bits per heavy atom. The maximum absolute atomic E-state index is 9.32. The van der Waals surface area contributed by atoms with E-state index in [1.165, 1.54) is 0 Å². The monoisotopic (exact) mass is 386 g/mol. The van der Waals surface area contributed by atoms with Gasteiger partial charge in [-0.2, -0.15) is 5.26 Å². The van der Waals surface area contributed by atoms with Crippen molar-refractivity contribution in [2.45, 2.75) is 0 Å². The highest BCUT2D eigenvalue weighted by Crippen LogP contribution is 2.30. The SMILES string of the molecule is N#Cc1cnc2ccc(N)cc2c1Nc1cccc(I)c1. The molecule has 2 aromatic carbocycles. The first-order valence-corrected chi connectivity index (χ1v) is 7.36. The van der Waals surface area contributed by atoms with E-state index in [1.807, 2.05) is 36.4 Å². The molecule has 0 spiro atoms. The molecule has 1 heterocycles. The lowest BCUT2D eigenvalue weighted by Crippen LogP contribution is -1.97. The molecule has 3 rings (SSSR count). The van der Waals surface area contributed by atoms with Gasteiger partial charge < -0.3 is 11.1 Å². The molecule has 0 saturated carbocycles. The molecule has 0 saturated heterocycles. The Morgan fingerprint density at radius 3 is 2.81 bits per heavy atom. The van der Waals surface area contributed by atoms with Crippen LogP contribution in [0.3, 0.4) is 0 Å². The Bertz CT molecular complexity index is 868. The lowest BCUT2D eigenvalue weighted by atomic mass is 10.1. The Balaban J connectivity index is 2.19. The predicted molar refractivity (Wildman–Crippen MR) is 93.3 cm³/mol. The Labute approximate surface area is 135 Å². The Kier molecular flexibility index (Phi) is 3.62. The third kappa shape index (κ3) is 2.76. The number of fused-ring (bicyclic) bond motifs is 1. The highest BCUT2D eigenvalue weighted by molar-refractivity contribution is 14.1. The van der Waals surface area contributed by atoms with Crippen LogP contribution in [0.5, 0.6) is 0 Å². The van der Waals surface area contributed by atoms with Crippen LogP contribution in [0.2, 0.25) is 0 Å². The molecule has 0 aliphatic rings. The molecule has 0 aliphatic carbocycles. The Morgan fingerprint density at radius 1 is 1.19 bits per heavy atom. The second kappa shape index (κ2) is 5.58. The van der Waals surface area contributed by atoms with Gasteiger partial charge in [0, 0.05) is 26.5 Å². The average Bonchev–Trinajstić information content (AvgIpc) is 2.48. The summed E-state index contributed by atoms with van der Waals surface area (Å²) < 4.78 is 1.12. The topological polar surface area (TPSA) is 74.7 Å². The second-order valence-corrected chi connectivity index (χ2v) is 5.82. The first-order valence-electron chi connectivity index (χ1n) is 6.28. The number of hydrogen-bond donors (Lipinski definition) is 2. The second-order valence-electron chi connectivity index (χ2n) is 4.57. The first-order chi connectivity index (χ1) is 10.2. The van der Waals surface area contributed by atoms with Crippen LogP contribution >= 0.6 is 22.6 Å². The minimum absolute atomic E-state index is 0.493. The van der Waals surface area contributed by atoms with Crippen molar-refractivity contribution in [3.05, 3.63) is 57.8 Å². The van der Waals surface area contributed by atoms with Crippen molar-refractivity contribution in [1.29, 1.82) is 5.26 Å². The van der Waals surface area contributed by atoms with Crippen LogP contribution in [0.4, 0.5) is 17.1 Å². The third-order valence-electron chi connectivity index (χ3n) is 3.11. The quantitative estimate of drug-likeness (QED) is 0.515. The summed E-state index contributed by atoms with van der Waals surface area (Å²) in [5.74, 6) is 0. The molecule has 3 N–H and O–H groups in total. The number of halogens is 1. The van der Waals surface area contributed by atoms with E-state index in [-0.39, 0.29) is 0 Å². The van der Waals surface area contributed by atoms with Crippen LogP contribution in [0.1, 0.15) is 5.56 Å². The number of pyridine rings is 1. The van der Waals surface area contributed by atoms with Crippen LogP contribution in [0.15, 0.2) is 48.7 Å². The van der Waals surface area contributed by atoms with E-state index in [4.69, 9.17) is 5.73 Å². The van der Waals surface area contributed by atoms with Gasteiger partial charge in [0.25, 0.3) is 0 Å². The maximum atomic E-state index is 9.32. The van der Waals surface area contributed by atoms with E-state index in [9.17, 15) is 5.26 Å².